The number of hydrogen-bond acceptors (Lipinski definition) is 9. The molecule has 3 N–H and O–H groups in total. The summed E-state index contributed by atoms with van der Waals surface area (Å²) in [6.45, 7) is 2.18. The molecule has 0 amide bonds. The lowest BCUT2D eigenvalue weighted by atomic mass is 10.2. The summed E-state index contributed by atoms with van der Waals surface area (Å²) in [4.78, 5) is 26.8. The molecule has 1 saturated heterocycles. The molecule has 0 bridgehead atoms. The van der Waals surface area contributed by atoms with Gasteiger partial charge in [0.25, 0.3) is 5.56 Å². The van der Waals surface area contributed by atoms with Crippen molar-refractivity contribution in [1.82, 2.24) is 24.8 Å². The molecule has 4 aromatic rings. The number of aromatic nitrogens is 4. The van der Waals surface area contributed by atoms with Crippen molar-refractivity contribution in [2.45, 2.75) is 36.9 Å². The van der Waals surface area contributed by atoms with E-state index in [0.29, 0.717) is 45.3 Å². The average Bonchev–Trinajstić information content (AvgIpc) is 3.41. The number of pyridine rings is 1. The zero-order chi connectivity index (χ0) is 24.5. The Morgan fingerprint density at radius 3 is 2.72 bits per heavy atom. The highest BCUT2D eigenvalue weighted by Crippen LogP contribution is 2.27. The average molecular weight is 500 g/mol. The van der Waals surface area contributed by atoms with Crippen LogP contribution in [-0.4, -0.2) is 38.7 Å². The fourth-order valence-electron chi connectivity index (χ4n) is 4.18. The van der Waals surface area contributed by atoms with E-state index in [1.54, 1.807) is 16.8 Å². The standard InChI is InChI=1S/C26H25N7O2S/c34-24-17(4-3-16-1-2-16)11-18-12-28-26(32-23(18)33(24)14-22-25(36)35-15-29-22)31-20-7-5-19(6-8-20)30-21-9-10-27-13-21/h5-8,11-12,15-16,21,27,30,36H,1-2,9-10,13-14H2,(H,28,31,32). The Labute approximate surface area is 213 Å². The maximum Gasteiger partial charge on any atom is 0.268 e. The highest BCUT2D eigenvalue weighted by atomic mass is 32.1. The number of nitrogens with one attached hydrogen (secondary N) is 3. The molecular weight excluding hydrogens is 474 g/mol. The van der Waals surface area contributed by atoms with Gasteiger partial charge in [-0.3, -0.25) is 9.36 Å². The first kappa shape index (κ1) is 22.6. The van der Waals surface area contributed by atoms with E-state index in [4.69, 9.17) is 4.42 Å². The smallest absolute Gasteiger partial charge is 0.268 e. The molecule has 1 aromatic carbocycles. The first-order chi connectivity index (χ1) is 17.6. The van der Waals surface area contributed by atoms with Gasteiger partial charge in [-0.1, -0.05) is 11.8 Å². The molecule has 3 aromatic heterocycles. The summed E-state index contributed by atoms with van der Waals surface area (Å²) in [5.41, 5.74) is 3.13. The van der Waals surface area contributed by atoms with E-state index in [1.807, 2.05) is 24.3 Å². The Morgan fingerprint density at radius 2 is 2.00 bits per heavy atom. The first-order valence-electron chi connectivity index (χ1n) is 12.0. The largest absolute Gasteiger partial charge is 0.437 e. The normalized spacial score (nSPS) is 17.1. The quantitative estimate of drug-likeness (QED) is 0.236. The van der Waals surface area contributed by atoms with E-state index in [9.17, 15) is 4.79 Å². The molecular formula is C26H25N7O2S. The van der Waals surface area contributed by atoms with Crippen LogP contribution in [0.15, 0.2) is 57.2 Å². The van der Waals surface area contributed by atoms with Gasteiger partial charge < -0.3 is 20.4 Å². The van der Waals surface area contributed by atoms with Gasteiger partial charge in [0.1, 0.15) is 11.3 Å². The molecule has 1 atom stereocenters. The minimum absolute atomic E-state index is 0.163. The topological polar surface area (TPSA) is 110 Å². The van der Waals surface area contributed by atoms with Crippen LogP contribution in [-0.2, 0) is 6.54 Å². The van der Waals surface area contributed by atoms with E-state index in [0.717, 1.165) is 43.7 Å². The van der Waals surface area contributed by atoms with Crippen LogP contribution in [0, 0.1) is 17.8 Å². The molecule has 9 nitrogen and oxygen atoms in total. The Kier molecular flexibility index (Phi) is 6.09. The molecule has 1 saturated carbocycles. The van der Waals surface area contributed by atoms with E-state index in [1.165, 1.54) is 6.39 Å². The lowest BCUT2D eigenvalue weighted by Gasteiger charge is -2.14. The van der Waals surface area contributed by atoms with Crippen LogP contribution in [0.5, 0.6) is 0 Å². The molecule has 1 aliphatic heterocycles. The van der Waals surface area contributed by atoms with Crippen LogP contribution in [0.1, 0.15) is 30.5 Å². The Bertz CT molecular complexity index is 1520. The highest BCUT2D eigenvalue weighted by Gasteiger charge is 2.19. The monoisotopic (exact) mass is 499 g/mol. The summed E-state index contributed by atoms with van der Waals surface area (Å²) in [6, 6.07) is 10.2. The summed E-state index contributed by atoms with van der Waals surface area (Å²) in [6.07, 6.45) is 6.30. The Morgan fingerprint density at radius 1 is 1.17 bits per heavy atom. The summed E-state index contributed by atoms with van der Waals surface area (Å²) in [7, 11) is 0. The lowest BCUT2D eigenvalue weighted by molar-refractivity contribution is 0.465. The van der Waals surface area contributed by atoms with Crippen molar-refractivity contribution in [3.63, 3.8) is 0 Å². The fraction of sp³-hybridized carbons (Fsp3) is 0.308. The van der Waals surface area contributed by atoms with E-state index < -0.39 is 0 Å². The first-order valence-corrected chi connectivity index (χ1v) is 12.4. The maximum absolute atomic E-state index is 13.4. The van der Waals surface area contributed by atoms with Crippen LogP contribution >= 0.6 is 12.6 Å². The molecule has 36 heavy (non-hydrogen) atoms. The van der Waals surface area contributed by atoms with Gasteiger partial charge in [0, 0.05) is 41.5 Å². The van der Waals surface area contributed by atoms with Crippen molar-refractivity contribution < 1.29 is 4.42 Å². The molecule has 1 aliphatic carbocycles. The van der Waals surface area contributed by atoms with Crippen LogP contribution in [0.4, 0.5) is 17.3 Å². The van der Waals surface area contributed by atoms with Gasteiger partial charge in [0.15, 0.2) is 11.5 Å². The number of benzene rings is 1. The third-order valence-electron chi connectivity index (χ3n) is 6.32. The van der Waals surface area contributed by atoms with Crippen LogP contribution in [0.25, 0.3) is 11.0 Å². The van der Waals surface area contributed by atoms with Crippen LogP contribution in [0.3, 0.4) is 0 Å². The van der Waals surface area contributed by atoms with Crippen molar-refractivity contribution in [3.05, 3.63) is 64.5 Å². The minimum atomic E-state index is -0.229. The summed E-state index contributed by atoms with van der Waals surface area (Å²) >= 11 is 4.31. The predicted molar refractivity (Wildman–Crippen MR) is 141 cm³/mol. The number of rotatable bonds is 6. The molecule has 1 unspecified atom stereocenters. The fourth-order valence-corrected chi connectivity index (χ4v) is 4.35. The van der Waals surface area contributed by atoms with Crippen molar-refractivity contribution >= 4 is 41.0 Å². The molecule has 182 valence electrons. The van der Waals surface area contributed by atoms with E-state index >= 15 is 0 Å². The Hall–Kier alpha value is -3.81. The lowest BCUT2D eigenvalue weighted by Crippen LogP contribution is -2.25. The van der Waals surface area contributed by atoms with Crippen molar-refractivity contribution in [1.29, 1.82) is 0 Å². The minimum Gasteiger partial charge on any atom is -0.437 e. The molecule has 2 fully saturated rings. The number of thiol groups is 1. The molecule has 6 rings (SSSR count). The Balaban J connectivity index is 1.31. The van der Waals surface area contributed by atoms with Crippen molar-refractivity contribution in [2.75, 3.05) is 23.7 Å². The second kappa shape index (κ2) is 9.68. The second-order valence-electron chi connectivity index (χ2n) is 9.11. The number of anilines is 3. The third-order valence-corrected chi connectivity index (χ3v) is 6.68. The van der Waals surface area contributed by atoms with E-state index in [-0.39, 0.29) is 12.1 Å². The van der Waals surface area contributed by atoms with Crippen molar-refractivity contribution in [3.8, 4) is 11.8 Å². The van der Waals surface area contributed by atoms with Crippen LogP contribution < -0.4 is 21.5 Å². The third kappa shape index (κ3) is 4.94. The van der Waals surface area contributed by atoms with Gasteiger partial charge >= 0.3 is 0 Å². The summed E-state index contributed by atoms with van der Waals surface area (Å²) in [5, 5.41) is 11.2. The zero-order valence-corrected chi connectivity index (χ0v) is 20.4. The van der Waals surface area contributed by atoms with Gasteiger partial charge in [-0.2, -0.15) is 4.98 Å². The van der Waals surface area contributed by atoms with Gasteiger partial charge in [-0.15, -0.1) is 12.6 Å². The number of nitrogens with zero attached hydrogens (tertiary/aromatic N) is 4. The van der Waals surface area contributed by atoms with Gasteiger partial charge in [0.2, 0.25) is 5.95 Å². The highest BCUT2D eigenvalue weighted by molar-refractivity contribution is 7.80. The maximum atomic E-state index is 13.4. The second-order valence-corrected chi connectivity index (χ2v) is 9.51. The number of oxazole rings is 1. The SMILES string of the molecule is O=c1c(C#CC2CC2)cc2cnc(Nc3ccc(NC4CCNC4)cc3)nc2n1Cc1ncoc1S. The zero-order valence-electron chi connectivity index (χ0n) is 19.5. The van der Waals surface area contributed by atoms with Crippen LogP contribution in [0.2, 0.25) is 0 Å². The molecule has 0 radical (unpaired) electrons. The van der Waals surface area contributed by atoms with E-state index in [2.05, 4.69) is 55.4 Å². The molecule has 0 spiro atoms. The van der Waals surface area contributed by atoms with Crippen molar-refractivity contribution in [2.24, 2.45) is 5.92 Å². The number of fused-ring (bicyclic) bond motifs is 1. The van der Waals surface area contributed by atoms with Gasteiger partial charge in [-0.25, -0.2) is 9.97 Å². The molecule has 4 heterocycles. The molecule has 10 heteroatoms. The summed E-state index contributed by atoms with van der Waals surface area (Å²) < 4.78 is 6.77. The summed E-state index contributed by atoms with van der Waals surface area (Å²) in [5.74, 6) is 7.00. The molecule has 2 aliphatic rings. The van der Waals surface area contributed by atoms with Gasteiger partial charge in [-0.05, 0) is 56.1 Å². The van der Waals surface area contributed by atoms with Gasteiger partial charge in [0.05, 0.1) is 12.1 Å². The predicted octanol–water partition coefficient (Wildman–Crippen LogP) is 3.40. The number of hydrogen-bond donors (Lipinski definition) is 4.